The van der Waals surface area contributed by atoms with Crippen LogP contribution in [0.2, 0.25) is 0 Å². The number of hydrogen-bond acceptors (Lipinski definition) is 4. The van der Waals surface area contributed by atoms with Crippen LogP contribution in [-0.4, -0.2) is 19.9 Å². The van der Waals surface area contributed by atoms with Crippen LogP contribution >= 0.6 is 0 Å². The second kappa shape index (κ2) is 14.2. The van der Waals surface area contributed by atoms with Gasteiger partial charge in [0.25, 0.3) is 0 Å². The molecule has 0 aliphatic rings. The smallest absolute Gasteiger partial charge is 0.0978 e. The van der Waals surface area contributed by atoms with E-state index in [-0.39, 0.29) is 0 Å². The molecule has 4 nitrogen and oxygen atoms in total. The van der Waals surface area contributed by atoms with Crippen LogP contribution in [0.4, 0.5) is 0 Å². The van der Waals surface area contributed by atoms with Crippen molar-refractivity contribution in [3.05, 3.63) is 194 Å². The van der Waals surface area contributed by atoms with Crippen LogP contribution in [0.25, 0.3) is 88.2 Å². The van der Waals surface area contributed by atoms with Gasteiger partial charge in [0.1, 0.15) is 0 Å². The van der Waals surface area contributed by atoms with E-state index in [4.69, 9.17) is 9.97 Å². The predicted molar refractivity (Wildman–Crippen MR) is 225 cm³/mol. The minimum Gasteiger partial charge on any atom is -0.254 e. The predicted octanol–water partition coefficient (Wildman–Crippen LogP) is 12.9. The van der Waals surface area contributed by atoms with Gasteiger partial charge in [-0.05, 0) is 77.1 Å². The first-order valence-electron chi connectivity index (χ1n) is 18.2. The lowest BCUT2D eigenvalue weighted by Gasteiger charge is -2.14. The minimum absolute atomic E-state index is 0.939. The van der Waals surface area contributed by atoms with E-state index in [1.807, 2.05) is 30.6 Å². The summed E-state index contributed by atoms with van der Waals surface area (Å²) in [5.74, 6) is 0. The van der Waals surface area contributed by atoms with E-state index >= 15 is 0 Å². The van der Waals surface area contributed by atoms with Crippen molar-refractivity contribution in [1.82, 2.24) is 19.9 Å². The molecule has 6 aromatic carbocycles. The molecule has 256 valence electrons. The lowest BCUT2D eigenvalue weighted by Crippen LogP contribution is -1.95. The van der Waals surface area contributed by atoms with Crippen molar-refractivity contribution in [2.24, 2.45) is 0 Å². The molecule has 0 bridgehead atoms. The monoisotopic (exact) mass is 692 g/mol. The van der Waals surface area contributed by atoms with Crippen LogP contribution in [-0.2, 0) is 0 Å². The van der Waals surface area contributed by atoms with Gasteiger partial charge in [-0.2, -0.15) is 0 Å². The normalized spacial score (nSPS) is 11.1. The van der Waals surface area contributed by atoms with Gasteiger partial charge in [0, 0.05) is 45.2 Å². The van der Waals surface area contributed by atoms with Crippen molar-refractivity contribution < 1.29 is 0 Å². The highest BCUT2D eigenvalue weighted by Gasteiger charge is 2.16. The fourth-order valence-corrected chi connectivity index (χ4v) is 7.41. The Morgan fingerprint density at radius 1 is 0.333 bits per heavy atom. The van der Waals surface area contributed by atoms with E-state index in [2.05, 4.69) is 175 Å². The maximum atomic E-state index is 5.17. The summed E-state index contributed by atoms with van der Waals surface area (Å²) in [6, 6.07) is 59.0. The molecule has 4 aromatic heterocycles. The van der Waals surface area contributed by atoms with Gasteiger partial charge in [-0.25, -0.2) is 4.98 Å². The summed E-state index contributed by atoms with van der Waals surface area (Å²) in [7, 11) is 0. The van der Waals surface area contributed by atoms with E-state index < -0.39 is 0 Å². The SMILES string of the molecule is Cc1cc(-c2ccccc2)c2ccc3c(-c4ccccc4)cc(-c4ccccc4)nc3c2n1.Cc1ccnc2c1ccc1c(-c3ccccc3)ccnc12. The summed E-state index contributed by atoms with van der Waals surface area (Å²) in [6.45, 7) is 4.17. The van der Waals surface area contributed by atoms with Crippen molar-refractivity contribution >= 4 is 43.6 Å². The third kappa shape index (κ3) is 6.14. The Labute approximate surface area is 314 Å². The van der Waals surface area contributed by atoms with Crippen LogP contribution in [0.1, 0.15) is 11.3 Å². The zero-order valence-electron chi connectivity index (χ0n) is 30.1. The molecular weight excluding hydrogens is 657 g/mol. The van der Waals surface area contributed by atoms with Gasteiger partial charge in [-0.1, -0.05) is 146 Å². The molecule has 10 rings (SSSR count). The number of fused-ring (bicyclic) bond motifs is 6. The van der Waals surface area contributed by atoms with Crippen LogP contribution in [0.3, 0.4) is 0 Å². The van der Waals surface area contributed by atoms with Crippen LogP contribution in [0.5, 0.6) is 0 Å². The highest BCUT2D eigenvalue weighted by Crippen LogP contribution is 2.38. The molecule has 0 unspecified atom stereocenters. The molecule has 54 heavy (non-hydrogen) atoms. The highest BCUT2D eigenvalue weighted by atomic mass is 14.8. The number of benzene rings is 6. The molecule has 10 aromatic rings. The van der Waals surface area contributed by atoms with Crippen LogP contribution < -0.4 is 0 Å². The summed E-state index contributed by atoms with van der Waals surface area (Å²) in [5.41, 5.74) is 15.2. The van der Waals surface area contributed by atoms with E-state index in [0.717, 1.165) is 55.2 Å². The van der Waals surface area contributed by atoms with Gasteiger partial charge in [0.2, 0.25) is 0 Å². The van der Waals surface area contributed by atoms with E-state index in [9.17, 15) is 0 Å². The van der Waals surface area contributed by atoms with Gasteiger partial charge >= 0.3 is 0 Å². The third-order valence-electron chi connectivity index (χ3n) is 10.0. The molecule has 0 saturated carbocycles. The van der Waals surface area contributed by atoms with Gasteiger partial charge in [0.05, 0.1) is 27.8 Å². The van der Waals surface area contributed by atoms with Crippen LogP contribution in [0, 0.1) is 13.8 Å². The number of rotatable bonds is 4. The summed E-state index contributed by atoms with van der Waals surface area (Å²) < 4.78 is 0. The Balaban J connectivity index is 0.000000157. The second-order valence-electron chi connectivity index (χ2n) is 13.5. The summed E-state index contributed by atoms with van der Waals surface area (Å²) in [5, 5.41) is 4.55. The Bertz CT molecular complexity index is 2930. The number of aryl methyl sites for hydroxylation is 2. The third-order valence-corrected chi connectivity index (χ3v) is 10.0. The average molecular weight is 693 g/mol. The molecule has 0 aliphatic carbocycles. The topological polar surface area (TPSA) is 51.6 Å². The Morgan fingerprint density at radius 3 is 1.33 bits per heavy atom. The maximum Gasteiger partial charge on any atom is 0.0978 e. The lowest BCUT2D eigenvalue weighted by atomic mass is 9.94. The van der Waals surface area contributed by atoms with E-state index in [1.165, 1.54) is 44.3 Å². The molecule has 0 N–H and O–H groups in total. The quantitative estimate of drug-likeness (QED) is 0.172. The van der Waals surface area contributed by atoms with Crippen LogP contribution in [0.15, 0.2) is 182 Å². The minimum atomic E-state index is 0.939. The molecule has 4 heterocycles. The Kier molecular flexibility index (Phi) is 8.62. The molecule has 0 spiro atoms. The maximum absolute atomic E-state index is 5.17. The molecular formula is C50H36N4. The molecule has 4 heteroatoms. The van der Waals surface area contributed by atoms with Gasteiger partial charge in [0.15, 0.2) is 0 Å². The fourth-order valence-electron chi connectivity index (χ4n) is 7.41. The second-order valence-corrected chi connectivity index (χ2v) is 13.5. The number of nitrogens with zero attached hydrogens (tertiary/aromatic N) is 4. The van der Waals surface area contributed by atoms with Gasteiger partial charge in [-0.15, -0.1) is 0 Å². The summed E-state index contributed by atoms with van der Waals surface area (Å²) in [4.78, 5) is 19.3. The van der Waals surface area contributed by atoms with Crippen molar-refractivity contribution in [3.8, 4) is 44.6 Å². The molecule has 0 atom stereocenters. The first kappa shape index (κ1) is 32.8. The van der Waals surface area contributed by atoms with E-state index in [1.54, 1.807) is 0 Å². The fraction of sp³-hybridized carbons (Fsp3) is 0.0400. The summed E-state index contributed by atoms with van der Waals surface area (Å²) >= 11 is 0. The molecule has 0 aliphatic heterocycles. The molecule has 0 saturated heterocycles. The Hall–Kier alpha value is -7.04. The number of hydrogen-bond donors (Lipinski definition) is 0. The molecule has 0 amide bonds. The zero-order valence-corrected chi connectivity index (χ0v) is 30.1. The average Bonchev–Trinajstić information content (AvgIpc) is 3.24. The molecule has 0 radical (unpaired) electrons. The molecule has 0 fully saturated rings. The first-order chi connectivity index (χ1) is 26.6. The lowest BCUT2D eigenvalue weighted by molar-refractivity contribution is 1.25. The van der Waals surface area contributed by atoms with Crippen molar-refractivity contribution in [1.29, 1.82) is 0 Å². The van der Waals surface area contributed by atoms with Gasteiger partial charge < -0.3 is 0 Å². The largest absolute Gasteiger partial charge is 0.254 e. The Morgan fingerprint density at radius 2 is 0.759 bits per heavy atom. The van der Waals surface area contributed by atoms with E-state index in [0.29, 0.717) is 0 Å². The zero-order chi connectivity index (χ0) is 36.4. The van der Waals surface area contributed by atoms with Crippen molar-refractivity contribution in [3.63, 3.8) is 0 Å². The standard InChI is InChI=1S/C31H22N2.C19H14N2/c1-21-19-27(22-11-5-2-6-12-22)25-17-18-26-28(23-13-7-3-8-14-23)20-29(24-15-9-4-10-16-24)33-31(26)30(25)32-21;1-13-9-11-20-18-15(13)7-8-17-16(10-12-21-19(17)18)14-5-3-2-4-6-14/h2-20H,1H3;2-12H,1H3. The van der Waals surface area contributed by atoms with Crippen molar-refractivity contribution in [2.45, 2.75) is 13.8 Å². The number of aromatic nitrogens is 4. The summed E-state index contributed by atoms with van der Waals surface area (Å²) in [6.07, 6.45) is 3.72. The number of pyridine rings is 4. The van der Waals surface area contributed by atoms with Gasteiger partial charge in [-0.3, -0.25) is 15.0 Å². The highest BCUT2D eigenvalue weighted by molar-refractivity contribution is 6.13. The first-order valence-corrected chi connectivity index (χ1v) is 18.2. The van der Waals surface area contributed by atoms with Crippen molar-refractivity contribution in [2.75, 3.05) is 0 Å².